The summed E-state index contributed by atoms with van der Waals surface area (Å²) in [6, 6.07) is 11.3. The number of benzene rings is 1. The third-order valence-corrected chi connectivity index (χ3v) is 3.88. The van der Waals surface area contributed by atoms with Gasteiger partial charge < -0.3 is 9.64 Å². The minimum atomic E-state index is -0.144. The molecule has 1 amide bonds. The van der Waals surface area contributed by atoms with E-state index in [9.17, 15) is 4.79 Å². The first-order valence-corrected chi connectivity index (χ1v) is 7.93. The highest BCUT2D eigenvalue weighted by Crippen LogP contribution is 2.23. The molecule has 3 rings (SSSR count). The quantitative estimate of drug-likeness (QED) is 0.719. The van der Waals surface area contributed by atoms with Crippen molar-refractivity contribution in [3.8, 4) is 11.4 Å². The number of nitrogens with zero attached hydrogens (tertiary/aromatic N) is 4. The fourth-order valence-corrected chi connectivity index (χ4v) is 2.58. The lowest BCUT2D eigenvalue weighted by atomic mass is 10.2. The van der Waals surface area contributed by atoms with E-state index in [1.165, 1.54) is 0 Å². The molecule has 6 nitrogen and oxygen atoms in total. The van der Waals surface area contributed by atoms with Crippen LogP contribution in [0.15, 0.2) is 55.0 Å². The Labute approximate surface area is 146 Å². The van der Waals surface area contributed by atoms with Crippen molar-refractivity contribution < 1.29 is 9.53 Å². The number of hydrogen-bond donors (Lipinski definition) is 0. The maximum Gasteiger partial charge on any atom is 0.274 e. The Morgan fingerprint density at radius 2 is 2.12 bits per heavy atom. The van der Waals surface area contributed by atoms with E-state index in [0.29, 0.717) is 18.0 Å². The lowest BCUT2D eigenvalue weighted by Gasteiger charge is -2.15. The van der Waals surface area contributed by atoms with Gasteiger partial charge in [-0.05, 0) is 42.3 Å². The zero-order valence-corrected chi connectivity index (χ0v) is 14.5. The fourth-order valence-electron chi connectivity index (χ4n) is 2.58. The summed E-state index contributed by atoms with van der Waals surface area (Å²) in [7, 11) is 3.37. The summed E-state index contributed by atoms with van der Waals surface area (Å²) in [5, 5.41) is 4.42. The Hall–Kier alpha value is -3.15. The van der Waals surface area contributed by atoms with Gasteiger partial charge in [0.25, 0.3) is 5.91 Å². The number of aryl methyl sites for hydroxylation is 1. The summed E-state index contributed by atoms with van der Waals surface area (Å²) < 4.78 is 7.05. The first-order valence-electron chi connectivity index (χ1n) is 7.93. The number of aromatic nitrogens is 3. The molecule has 0 saturated heterocycles. The molecule has 2 aromatic heterocycles. The van der Waals surface area contributed by atoms with Crippen LogP contribution in [0, 0.1) is 6.92 Å². The van der Waals surface area contributed by atoms with Crippen LogP contribution in [0.4, 0.5) is 0 Å². The lowest BCUT2D eigenvalue weighted by Crippen LogP contribution is -2.26. The predicted molar refractivity (Wildman–Crippen MR) is 94.9 cm³/mol. The van der Waals surface area contributed by atoms with E-state index in [1.54, 1.807) is 48.4 Å². The van der Waals surface area contributed by atoms with E-state index < -0.39 is 0 Å². The van der Waals surface area contributed by atoms with Crippen LogP contribution in [0.2, 0.25) is 0 Å². The molecule has 0 aliphatic heterocycles. The predicted octanol–water partition coefficient (Wildman–Crippen LogP) is 2.86. The molecule has 128 valence electrons. The van der Waals surface area contributed by atoms with E-state index in [-0.39, 0.29) is 5.91 Å². The molecule has 2 heterocycles. The number of hydrogen-bond acceptors (Lipinski definition) is 4. The van der Waals surface area contributed by atoms with Gasteiger partial charge in [-0.1, -0.05) is 12.1 Å². The van der Waals surface area contributed by atoms with Crippen LogP contribution in [0.3, 0.4) is 0 Å². The van der Waals surface area contributed by atoms with Crippen molar-refractivity contribution >= 4 is 5.91 Å². The van der Waals surface area contributed by atoms with Gasteiger partial charge in [-0.25, -0.2) is 4.68 Å². The van der Waals surface area contributed by atoms with Crippen molar-refractivity contribution in [2.24, 2.45) is 0 Å². The van der Waals surface area contributed by atoms with Gasteiger partial charge in [-0.3, -0.25) is 9.78 Å². The molecule has 25 heavy (non-hydrogen) atoms. The highest BCUT2D eigenvalue weighted by molar-refractivity contribution is 5.92. The molecule has 6 heteroatoms. The zero-order valence-electron chi connectivity index (χ0n) is 14.5. The van der Waals surface area contributed by atoms with E-state index in [4.69, 9.17) is 4.74 Å². The van der Waals surface area contributed by atoms with Crippen molar-refractivity contribution in [1.82, 2.24) is 19.7 Å². The van der Waals surface area contributed by atoms with Gasteiger partial charge in [0, 0.05) is 32.2 Å². The van der Waals surface area contributed by atoms with Gasteiger partial charge in [0.05, 0.1) is 7.11 Å². The molecule has 0 N–H and O–H groups in total. The summed E-state index contributed by atoms with van der Waals surface area (Å²) in [6.07, 6.45) is 5.23. The molecular weight excluding hydrogens is 316 g/mol. The third-order valence-electron chi connectivity index (χ3n) is 3.88. The second kappa shape index (κ2) is 7.17. The standard InChI is InChI=1S/C19H20N4O2/c1-14-6-7-18(25-3)17(11-14)23-10-8-16(21-23)19(24)22(2)13-15-5-4-9-20-12-15/h4-12H,13H2,1-3H3. The summed E-state index contributed by atoms with van der Waals surface area (Å²) in [6.45, 7) is 2.48. The maximum absolute atomic E-state index is 12.6. The summed E-state index contributed by atoms with van der Waals surface area (Å²) in [5.41, 5.74) is 3.25. The fraction of sp³-hybridized carbons (Fsp3) is 0.211. The number of carbonyl (C=O) groups is 1. The molecule has 0 saturated carbocycles. The topological polar surface area (TPSA) is 60.2 Å². The number of rotatable bonds is 5. The highest BCUT2D eigenvalue weighted by Gasteiger charge is 2.16. The Kier molecular flexibility index (Phi) is 4.79. The minimum absolute atomic E-state index is 0.144. The van der Waals surface area contributed by atoms with Crippen molar-refractivity contribution in [2.45, 2.75) is 13.5 Å². The van der Waals surface area contributed by atoms with Crippen LogP contribution in [0.5, 0.6) is 5.75 Å². The van der Waals surface area contributed by atoms with Gasteiger partial charge in [-0.15, -0.1) is 0 Å². The Morgan fingerprint density at radius 3 is 2.84 bits per heavy atom. The van der Waals surface area contributed by atoms with E-state index in [0.717, 1.165) is 16.8 Å². The molecule has 0 aliphatic rings. The van der Waals surface area contributed by atoms with Gasteiger partial charge in [0.1, 0.15) is 11.4 Å². The van der Waals surface area contributed by atoms with Gasteiger partial charge in [0.2, 0.25) is 0 Å². The third kappa shape index (κ3) is 3.68. The Bertz CT molecular complexity index is 874. The summed E-state index contributed by atoms with van der Waals surface area (Å²) >= 11 is 0. The average Bonchev–Trinajstić information content (AvgIpc) is 3.11. The lowest BCUT2D eigenvalue weighted by molar-refractivity contribution is 0.0778. The molecule has 3 aromatic rings. The van der Waals surface area contributed by atoms with Crippen molar-refractivity contribution in [2.75, 3.05) is 14.2 Å². The van der Waals surface area contributed by atoms with Crippen LogP contribution in [0.1, 0.15) is 21.6 Å². The first kappa shape index (κ1) is 16.7. The van der Waals surface area contributed by atoms with E-state index >= 15 is 0 Å². The van der Waals surface area contributed by atoms with Crippen LogP contribution in [-0.4, -0.2) is 39.7 Å². The summed E-state index contributed by atoms with van der Waals surface area (Å²) in [4.78, 5) is 18.3. The van der Waals surface area contributed by atoms with Gasteiger partial charge in [0.15, 0.2) is 5.69 Å². The van der Waals surface area contributed by atoms with Crippen LogP contribution < -0.4 is 4.74 Å². The van der Waals surface area contributed by atoms with Gasteiger partial charge in [-0.2, -0.15) is 5.10 Å². The highest BCUT2D eigenvalue weighted by atomic mass is 16.5. The van der Waals surface area contributed by atoms with Crippen LogP contribution >= 0.6 is 0 Å². The SMILES string of the molecule is COc1ccc(C)cc1-n1ccc(C(=O)N(C)Cc2cccnc2)n1. The summed E-state index contributed by atoms with van der Waals surface area (Å²) in [5.74, 6) is 0.561. The van der Waals surface area contributed by atoms with E-state index in [2.05, 4.69) is 10.1 Å². The first-order chi connectivity index (χ1) is 12.1. The second-order valence-corrected chi connectivity index (χ2v) is 5.84. The average molecular weight is 336 g/mol. The minimum Gasteiger partial charge on any atom is -0.494 e. The second-order valence-electron chi connectivity index (χ2n) is 5.84. The monoisotopic (exact) mass is 336 g/mol. The van der Waals surface area contributed by atoms with Gasteiger partial charge >= 0.3 is 0 Å². The van der Waals surface area contributed by atoms with E-state index in [1.807, 2.05) is 37.3 Å². The number of pyridine rings is 1. The Morgan fingerprint density at radius 1 is 1.28 bits per heavy atom. The number of methoxy groups -OCH3 is 1. The molecule has 0 atom stereocenters. The normalized spacial score (nSPS) is 10.5. The number of ether oxygens (including phenoxy) is 1. The molecule has 0 radical (unpaired) electrons. The molecule has 0 fully saturated rings. The Balaban J connectivity index is 1.81. The van der Waals surface area contributed by atoms with Crippen molar-refractivity contribution in [3.05, 3.63) is 71.8 Å². The van der Waals surface area contributed by atoms with Crippen molar-refractivity contribution in [3.63, 3.8) is 0 Å². The largest absolute Gasteiger partial charge is 0.494 e. The van der Waals surface area contributed by atoms with Crippen LogP contribution in [-0.2, 0) is 6.54 Å². The molecule has 0 aliphatic carbocycles. The maximum atomic E-state index is 12.6. The number of amides is 1. The number of carbonyl (C=O) groups excluding carboxylic acids is 1. The molecule has 0 spiro atoms. The van der Waals surface area contributed by atoms with Crippen LogP contribution in [0.25, 0.3) is 5.69 Å². The molecular formula is C19H20N4O2. The van der Waals surface area contributed by atoms with Crippen molar-refractivity contribution in [1.29, 1.82) is 0 Å². The zero-order chi connectivity index (χ0) is 17.8. The molecule has 0 unspecified atom stereocenters. The smallest absolute Gasteiger partial charge is 0.274 e. The molecule has 1 aromatic carbocycles. The molecule has 0 bridgehead atoms.